The normalized spacial score (nSPS) is 10.4. The molecule has 0 saturated carbocycles. The molecule has 0 aliphatic carbocycles. The van der Waals surface area contributed by atoms with Crippen molar-refractivity contribution in [2.45, 2.75) is 6.92 Å². The average molecular weight is 303 g/mol. The Bertz CT molecular complexity index is 686. The number of ether oxygens (including phenoxy) is 2. The predicted molar refractivity (Wildman–Crippen MR) is 82.5 cm³/mol. The van der Waals surface area contributed by atoms with E-state index < -0.39 is 5.97 Å². The van der Waals surface area contributed by atoms with Gasteiger partial charge in [0.05, 0.1) is 12.7 Å². The average Bonchev–Trinajstić information content (AvgIpc) is 2.51. The number of rotatable bonds is 5. The van der Waals surface area contributed by atoms with E-state index in [1.807, 2.05) is 13.0 Å². The first-order chi connectivity index (χ1) is 10.5. The lowest BCUT2D eigenvalue weighted by Gasteiger charge is -2.11. The Morgan fingerprint density at radius 2 is 2.00 bits per heavy atom. The lowest BCUT2D eigenvalue weighted by atomic mass is 10.0. The van der Waals surface area contributed by atoms with Crippen LogP contribution in [-0.4, -0.2) is 26.2 Å². The number of methoxy groups -OCH3 is 1. The van der Waals surface area contributed by atoms with Crippen molar-refractivity contribution in [1.82, 2.24) is 0 Å². The number of hydrogen-bond donors (Lipinski definition) is 1. The number of carbonyl (C=O) groups is 1. The Morgan fingerprint density at radius 1 is 1.23 bits per heavy atom. The van der Waals surface area contributed by atoms with Crippen molar-refractivity contribution >= 4 is 5.97 Å². The second-order valence-electron chi connectivity index (χ2n) is 4.86. The number of esters is 1. The molecule has 22 heavy (non-hydrogen) atoms. The fourth-order valence-corrected chi connectivity index (χ4v) is 2.10. The summed E-state index contributed by atoms with van der Waals surface area (Å²) in [5.74, 6) is -0.415. The Hall–Kier alpha value is -2.40. The van der Waals surface area contributed by atoms with Gasteiger partial charge in [0, 0.05) is 12.1 Å². The highest BCUT2D eigenvalue weighted by Gasteiger charge is 2.13. The van der Waals surface area contributed by atoms with Gasteiger partial charge in [0.25, 0.3) is 0 Å². The van der Waals surface area contributed by atoms with Gasteiger partial charge < -0.3 is 15.2 Å². The summed E-state index contributed by atoms with van der Waals surface area (Å²) < 4.78 is 24.3. The van der Waals surface area contributed by atoms with Crippen LogP contribution in [0.3, 0.4) is 0 Å². The van der Waals surface area contributed by atoms with E-state index in [2.05, 4.69) is 0 Å². The molecule has 2 aromatic rings. The van der Waals surface area contributed by atoms with Crippen LogP contribution >= 0.6 is 0 Å². The van der Waals surface area contributed by atoms with Crippen LogP contribution in [0.1, 0.15) is 15.9 Å². The summed E-state index contributed by atoms with van der Waals surface area (Å²) in [5, 5.41) is 0. The summed E-state index contributed by atoms with van der Waals surface area (Å²) in [6.07, 6.45) is 0. The van der Waals surface area contributed by atoms with Gasteiger partial charge in [-0.3, -0.25) is 0 Å². The van der Waals surface area contributed by atoms with Crippen molar-refractivity contribution in [1.29, 1.82) is 0 Å². The lowest BCUT2D eigenvalue weighted by molar-refractivity contribution is 0.0600. The van der Waals surface area contributed by atoms with E-state index in [9.17, 15) is 9.18 Å². The number of hydrogen-bond acceptors (Lipinski definition) is 4. The summed E-state index contributed by atoms with van der Waals surface area (Å²) in [7, 11) is 1.29. The molecule has 0 saturated heterocycles. The first-order valence-corrected chi connectivity index (χ1v) is 6.88. The van der Waals surface area contributed by atoms with Crippen molar-refractivity contribution < 1.29 is 18.7 Å². The standard InChI is InChI=1S/C17H18FNO3/c1-11-3-4-15(16(18)7-11)12-8-13(17(20)21-2)10-14(9-12)22-6-5-19/h3-4,7-10H,5-6,19H2,1-2H3. The zero-order valence-corrected chi connectivity index (χ0v) is 12.6. The molecule has 4 nitrogen and oxygen atoms in total. The highest BCUT2D eigenvalue weighted by Crippen LogP contribution is 2.29. The molecule has 0 bridgehead atoms. The number of halogens is 1. The number of aryl methyl sites for hydroxylation is 1. The van der Waals surface area contributed by atoms with E-state index in [4.69, 9.17) is 15.2 Å². The summed E-state index contributed by atoms with van der Waals surface area (Å²) in [5.41, 5.74) is 7.48. The molecule has 0 radical (unpaired) electrons. The molecule has 0 fully saturated rings. The van der Waals surface area contributed by atoms with Crippen LogP contribution in [-0.2, 0) is 4.74 Å². The molecule has 0 spiro atoms. The molecule has 0 heterocycles. The fraction of sp³-hybridized carbons (Fsp3) is 0.235. The minimum absolute atomic E-state index is 0.298. The first-order valence-electron chi connectivity index (χ1n) is 6.88. The van der Waals surface area contributed by atoms with Crippen LogP contribution in [0.25, 0.3) is 11.1 Å². The van der Waals surface area contributed by atoms with Crippen LogP contribution in [0.5, 0.6) is 5.75 Å². The van der Waals surface area contributed by atoms with Crippen molar-refractivity contribution in [3.8, 4) is 16.9 Å². The van der Waals surface area contributed by atoms with Crippen LogP contribution in [0, 0.1) is 12.7 Å². The van der Waals surface area contributed by atoms with Crippen LogP contribution < -0.4 is 10.5 Å². The Morgan fingerprint density at radius 3 is 2.64 bits per heavy atom. The molecule has 0 aliphatic rings. The smallest absolute Gasteiger partial charge is 0.338 e. The van der Waals surface area contributed by atoms with E-state index in [-0.39, 0.29) is 5.82 Å². The van der Waals surface area contributed by atoms with Crippen LogP contribution in [0.4, 0.5) is 4.39 Å². The molecule has 0 unspecified atom stereocenters. The third-order valence-corrected chi connectivity index (χ3v) is 3.15. The number of benzene rings is 2. The first kappa shape index (κ1) is 16.0. The molecular weight excluding hydrogens is 285 g/mol. The van der Waals surface area contributed by atoms with E-state index >= 15 is 0 Å². The van der Waals surface area contributed by atoms with Gasteiger partial charge in [0.15, 0.2) is 0 Å². The Labute approximate surface area is 128 Å². The molecule has 0 aromatic heterocycles. The van der Waals surface area contributed by atoms with Gasteiger partial charge in [-0.25, -0.2) is 9.18 Å². The Kier molecular flexibility index (Phi) is 5.12. The maximum Gasteiger partial charge on any atom is 0.338 e. The number of carbonyl (C=O) groups excluding carboxylic acids is 1. The van der Waals surface area contributed by atoms with Crippen molar-refractivity contribution in [3.05, 3.63) is 53.3 Å². The van der Waals surface area contributed by atoms with Crippen molar-refractivity contribution in [3.63, 3.8) is 0 Å². The van der Waals surface area contributed by atoms with Crippen molar-refractivity contribution in [2.75, 3.05) is 20.3 Å². The minimum Gasteiger partial charge on any atom is -0.492 e. The Balaban J connectivity index is 2.51. The molecule has 5 heteroatoms. The summed E-state index contributed by atoms with van der Waals surface area (Å²) in [6, 6.07) is 9.74. The summed E-state index contributed by atoms with van der Waals surface area (Å²) in [6.45, 7) is 2.46. The van der Waals surface area contributed by atoms with Gasteiger partial charge in [-0.15, -0.1) is 0 Å². The molecule has 116 valence electrons. The zero-order chi connectivity index (χ0) is 16.1. The van der Waals surface area contributed by atoms with Crippen molar-refractivity contribution in [2.24, 2.45) is 5.73 Å². The SMILES string of the molecule is COC(=O)c1cc(OCCN)cc(-c2ccc(C)cc2F)c1. The maximum absolute atomic E-state index is 14.2. The molecular formula is C17H18FNO3. The van der Waals surface area contributed by atoms with Gasteiger partial charge >= 0.3 is 5.97 Å². The van der Waals surface area contributed by atoms with E-state index in [1.54, 1.807) is 24.3 Å². The lowest BCUT2D eigenvalue weighted by Crippen LogP contribution is -2.11. The molecule has 2 rings (SSSR count). The molecule has 0 atom stereocenters. The third-order valence-electron chi connectivity index (χ3n) is 3.15. The third kappa shape index (κ3) is 3.62. The molecule has 2 aromatic carbocycles. The van der Waals surface area contributed by atoms with E-state index in [0.717, 1.165) is 5.56 Å². The predicted octanol–water partition coefficient (Wildman–Crippen LogP) is 2.93. The van der Waals surface area contributed by atoms with Gasteiger partial charge in [-0.2, -0.15) is 0 Å². The summed E-state index contributed by atoms with van der Waals surface area (Å²) in [4.78, 5) is 11.8. The van der Waals surface area contributed by atoms with Gasteiger partial charge in [-0.05, 0) is 42.3 Å². The number of nitrogens with two attached hydrogens (primary N) is 1. The quantitative estimate of drug-likeness (QED) is 0.863. The highest BCUT2D eigenvalue weighted by molar-refractivity contribution is 5.91. The second-order valence-corrected chi connectivity index (χ2v) is 4.86. The van der Waals surface area contributed by atoms with Gasteiger partial charge in [0.2, 0.25) is 0 Å². The highest BCUT2D eigenvalue weighted by atomic mass is 19.1. The van der Waals surface area contributed by atoms with Crippen LogP contribution in [0.15, 0.2) is 36.4 Å². The molecule has 0 amide bonds. The van der Waals surface area contributed by atoms with Crippen LogP contribution in [0.2, 0.25) is 0 Å². The van der Waals surface area contributed by atoms with E-state index in [0.29, 0.717) is 35.6 Å². The second kappa shape index (κ2) is 7.04. The monoisotopic (exact) mass is 303 g/mol. The fourth-order valence-electron chi connectivity index (χ4n) is 2.10. The zero-order valence-electron chi connectivity index (χ0n) is 12.6. The van der Waals surface area contributed by atoms with E-state index in [1.165, 1.54) is 13.2 Å². The minimum atomic E-state index is -0.507. The topological polar surface area (TPSA) is 61.5 Å². The summed E-state index contributed by atoms with van der Waals surface area (Å²) >= 11 is 0. The van der Waals surface area contributed by atoms with Gasteiger partial charge in [0.1, 0.15) is 18.2 Å². The van der Waals surface area contributed by atoms with Gasteiger partial charge in [-0.1, -0.05) is 12.1 Å². The largest absolute Gasteiger partial charge is 0.492 e. The molecule has 2 N–H and O–H groups in total. The maximum atomic E-state index is 14.2. The molecule has 0 aliphatic heterocycles.